The fourth-order valence-corrected chi connectivity index (χ4v) is 5.17. The normalized spacial score (nSPS) is 32.8. The molecule has 0 radical (unpaired) electrons. The summed E-state index contributed by atoms with van der Waals surface area (Å²) in [5.41, 5.74) is 0. The van der Waals surface area contributed by atoms with E-state index in [1.165, 1.54) is 32.2 Å². The van der Waals surface area contributed by atoms with E-state index in [-0.39, 0.29) is 0 Å². The van der Waals surface area contributed by atoms with Crippen LogP contribution < -0.4 is 0 Å². The molecule has 2 heterocycles. The first-order chi connectivity index (χ1) is 8.74. The van der Waals surface area contributed by atoms with Crippen molar-refractivity contribution in [3.8, 4) is 0 Å². The SMILES string of the molecule is CC(C)(C)[Si](C)(C)OC1CC2CCC(C1)N2CCBr. The van der Waals surface area contributed by atoms with Crippen molar-refractivity contribution < 1.29 is 4.43 Å². The Balaban J connectivity index is 1.96. The van der Waals surface area contributed by atoms with Gasteiger partial charge in [-0.3, -0.25) is 4.90 Å². The van der Waals surface area contributed by atoms with Crippen LogP contribution >= 0.6 is 15.9 Å². The van der Waals surface area contributed by atoms with Crippen LogP contribution in [0.25, 0.3) is 0 Å². The molecular weight excluding hydrogens is 318 g/mol. The number of halogens is 1. The second kappa shape index (κ2) is 5.78. The minimum Gasteiger partial charge on any atom is -0.414 e. The smallest absolute Gasteiger partial charge is 0.192 e. The molecule has 2 atom stereocenters. The van der Waals surface area contributed by atoms with Crippen LogP contribution in [-0.2, 0) is 4.43 Å². The molecule has 2 aliphatic rings. The highest BCUT2D eigenvalue weighted by molar-refractivity contribution is 9.09. The third-order valence-corrected chi connectivity index (χ3v) is 10.3. The summed E-state index contributed by atoms with van der Waals surface area (Å²) in [6.07, 6.45) is 5.81. The van der Waals surface area contributed by atoms with Crippen molar-refractivity contribution in [2.24, 2.45) is 0 Å². The van der Waals surface area contributed by atoms with Gasteiger partial charge in [0.1, 0.15) is 0 Å². The first-order valence-corrected chi connectivity index (χ1v) is 11.8. The fourth-order valence-electron chi connectivity index (χ4n) is 3.38. The van der Waals surface area contributed by atoms with Crippen molar-refractivity contribution >= 4 is 24.2 Å². The van der Waals surface area contributed by atoms with Crippen molar-refractivity contribution in [2.75, 3.05) is 11.9 Å². The maximum Gasteiger partial charge on any atom is 0.192 e. The first-order valence-electron chi connectivity index (χ1n) is 7.74. The third-order valence-electron chi connectivity index (χ3n) is 5.45. The van der Waals surface area contributed by atoms with E-state index in [2.05, 4.69) is 54.7 Å². The van der Waals surface area contributed by atoms with Crippen LogP contribution in [0.1, 0.15) is 46.5 Å². The van der Waals surface area contributed by atoms with Crippen LogP contribution in [0.3, 0.4) is 0 Å². The van der Waals surface area contributed by atoms with Gasteiger partial charge >= 0.3 is 0 Å². The summed E-state index contributed by atoms with van der Waals surface area (Å²) in [4.78, 5) is 2.72. The van der Waals surface area contributed by atoms with Crippen LogP contribution in [0.4, 0.5) is 0 Å². The molecule has 0 aliphatic carbocycles. The third kappa shape index (κ3) is 3.45. The van der Waals surface area contributed by atoms with E-state index in [4.69, 9.17) is 4.43 Å². The molecule has 2 nitrogen and oxygen atoms in total. The van der Waals surface area contributed by atoms with Gasteiger partial charge < -0.3 is 4.43 Å². The van der Waals surface area contributed by atoms with Crippen LogP contribution in [0.2, 0.25) is 18.1 Å². The van der Waals surface area contributed by atoms with E-state index < -0.39 is 8.32 Å². The second-order valence-corrected chi connectivity index (χ2v) is 13.3. The lowest BCUT2D eigenvalue weighted by Gasteiger charge is -2.44. The summed E-state index contributed by atoms with van der Waals surface area (Å²) in [6.45, 7) is 13.0. The summed E-state index contributed by atoms with van der Waals surface area (Å²) in [7, 11) is -1.59. The minimum absolute atomic E-state index is 0.332. The molecule has 2 rings (SSSR count). The monoisotopic (exact) mass is 347 g/mol. The summed E-state index contributed by atoms with van der Waals surface area (Å²) in [6, 6.07) is 1.57. The Morgan fingerprint density at radius 2 is 1.68 bits per heavy atom. The molecule has 2 unspecified atom stereocenters. The Hall–Kier alpha value is 0.617. The molecule has 2 fully saturated rings. The lowest BCUT2D eigenvalue weighted by molar-refractivity contribution is 0.0459. The van der Waals surface area contributed by atoms with Gasteiger partial charge in [-0.15, -0.1) is 0 Å². The van der Waals surface area contributed by atoms with Gasteiger partial charge in [0, 0.05) is 30.1 Å². The van der Waals surface area contributed by atoms with Crippen molar-refractivity contribution in [1.82, 2.24) is 4.90 Å². The van der Waals surface area contributed by atoms with Gasteiger partial charge in [0.2, 0.25) is 0 Å². The molecule has 19 heavy (non-hydrogen) atoms. The van der Waals surface area contributed by atoms with E-state index in [0.717, 1.165) is 17.4 Å². The molecule has 0 aromatic carbocycles. The summed E-state index contributed by atoms with van der Waals surface area (Å²) < 4.78 is 6.65. The predicted octanol–water partition coefficient (Wildman–Crippen LogP) is 4.40. The van der Waals surface area contributed by atoms with Gasteiger partial charge in [-0.25, -0.2) is 0 Å². The molecule has 0 aromatic heterocycles. The van der Waals surface area contributed by atoms with Gasteiger partial charge in [-0.2, -0.15) is 0 Å². The van der Waals surface area contributed by atoms with Crippen LogP contribution in [-0.4, -0.2) is 43.3 Å². The van der Waals surface area contributed by atoms with Gasteiger partial charge in [0.15, 0.2) is 8.32 Å². The van der Waals surface area contributed by atoms with Gasteiger partial charge in [-0.1, -0.05) is 36.7 Å². The number of nitrogens with zero attached hydrogens (tertiary/aromatic N) is 1. The molecule has 4 heteroatoms. The molecule has 0 aromatic rings. The molecular formula is C15H30BrNOSi. The quantitative estimate of drug-likeness (QED) is 0.552. The number of hydrogen-bond acceptors (Lipinski definition) is 2. The fraction of sp³-hybridized carbons (Fsp3) is 1.00. The highest BCUT2D eigenvalue weighted by Crippen LogP contribution is 2.42. The van der Waals surface area contributed by atoms with Gasteiger partial charge in [0.25, 0.3) is 0 Å². The van der Waals surface area contributed by atoms with Gasteiger partial charge in [-0.05, 0) is 43.8 Å². The van der Waals surface area contributed by atoms with Crippen molar-refractivity contribution in [3.05, 3.63) is 0 Å². The maximum atomic E-state index is 6.65. The van der Waals surface area contributed by atoms with E-state index in [1.54, 1.807) is 0 Å². The molecule has 2 aliphatic heterocycles. The van der Waals surface area contributed by atoms with Crippen molar-refractivity contribution in [1.29, 1.82) is 0 Å². The highest BCUT2D eigenvalue weighted by atomic mass is 79.9. The van der Waals surface area contributed by atoms with Crippen molar-refractivity contribution in [3.63, 3.8) is 0 Å². The lowest BCUT2D eigenvalue weighted by atomic mass is 10.0. The van der Waals surface area contributed by atoms with Crippen LogP contribution in [0, 0.1) is 0 Å². The Morgan fingerprint density at radius 3 is 2.11 bits per heavy atom. The van der Waals surface area contributed by atoms with E-state index in [0.29, 0.717) is 11.1 Å². The van der Waals surface area contributed by atoms with Crippen molar-refractivity contribution in [2.45, 2.75) is 82.8 Å². The summed E-state index contributed by atoms with van der Waals surface area (Å²) >= 11 is 3.59. The van der Waals surface area contributed by atoms with Crippen LogP contribution in [0.15, 0.2) is 0 Å². The Morgan fingerprint density at radius 1 is 1.16 bits per heavy atom. The number of rotatable bonds is 4. The Bertz CT molecular complexity index is 302. The van der Waals surface area contributed by atoms with E-state index >= 15 is 0 Å². The zero-order valence-corrected chi connectivity index (χ0v) is 15.8. The second-order valence-electron chi connectivity index (χ2n) is 7.78. The number of fused-ring (bicyclic) bond motifs is 2. The first kappa shape index (κ1) is 16.0. The minimum atomic E-state index is -1.59. The predicted molar refractivity (Wildman–Crippen MR) is 88.6 cm³/mol. The molecule has 2 bridgehead atoms. The maximum absolute atomic E-state index is 6.65. The lowest BCUT2D eigenvalue weighted by Crippen LogP contribution is -2.51. The average Bonchev–Trinajstić information content (AvgIpc) is 2.52. The zero-order chi connectivity index (χ0) is 14.3. The standard InChI is InChI=1S/C15H30BrNOSi/c1-15(2,3)19(4,5)18-14-10-12-6-7-13(11-14)17(12)9-8-16/h12-14H,6-11H2,1-5H3. The van der Waals surface area contributed by atoms with E-state index in [9.17, 15) is 0 Å². The largest absolute Gasteiger partial charge is 0.414 e. The molecule has 112 valence electrons. The summed E-state index contributed by atoms with van der Waals surface area (Å²) in [5, 5.41) is 1.44. The highest BCUT2D eigenvalue weighted by Gasteiger charge is 2.45. The zero-order valence-electron chi connectivity index (χ0n) is 13.2. The molecule has 0 N–H and O–H groups in total. The molecule has 2 saturated heterocycles. The summed E-state index contributed by atoms with van der Waals surface area (Å²) in [5.74, 6) is 0. The average molecular weight is 348 g/mol. The number of alkyl halides is 1. The number of hydrogen-bond donors (Lipinski definition) is 0. The topological polar surface area (TPSA) is 12.5 Å². The molecule has 0 saturated carbocycles. The van der Waals surface area contributed by atoms with Gasteiger partial charge in [0.05, 0.1) is 0 Å². The molecule has 0 spiro atoms. The Kier molecular flexibility index (Phi) is 4.87. The van der Waals surface area contributed by atoms with E-state index in [1.807, 2.05) is 0 Å². The molecule has 0 amide bonds. The number of piperidine rings is 1. The van der Waals surface area contributed by atoms with Crippen LogP contribution in [0.5, 0.6) is 0 Å². The Labute approximate surface area is 128 Å².